The van der Waals surface area contributed by atoms with E-state index in [1.165, 1.54) is 21.8 Å². The fraction of sp³-hybridized carbons (Fsp3) is 0.286. The number of thiophene rings is 1. The molecule has 0 amide bonds. The number of rotatable bonds is 4. The first-order chi connectivity index (χ1) is 9.74. The van der Waals surface area contributed by atoms with Gasteiger partial charge in [-0.25, -0.2) is 0 Å². The first-order valence-corrected chi connectivity index (χ1v) is 8.27. The van der Waals surface area contributed by atoms with Gasteiger partial charge >= 0.3 is 5.00 Å². The highest BCUT2D eigenvalue weighted by atomic mass is 32.2. The Morgan fingerprint density at radius 3 is 3.05 bits per heavy atom. The molecule has 104 valence electrons. The van der Waals surface area contributed by atoms with Gasteiger partial charge in [0.15, 0.2) is 0 Å². The summed E-state index contributed by atoms with van der Waals surface area (Å²) in [6.45, 7) is 0.675. The molecule has 4 nitrogen and oxygen atoms in total. The molecule has 2 aromatic rings. The molecule has 0 radical (unpaired) electrons. The molecule has 0 saturated heterocycles. The van der Waals surface area contributed by atoms with E-state index in [1.807, 2.05) is 17.1 Å². The number of fused-ring (bicyclic) bond motifs is 1. The van der Waals surface area contributed by atoms with Crippen LogP contribution in [0.15, 0.2) is 40.6 Å². The van der Waals surface area contributed by atoms with Gasteiger partial charge in [0.05, 0.1) is 4.92 Å². The van der Waals surface area contributed by atoms with Gasteiger partial charge in [-0.2, -0.15) is 0 Å². The largest absolute Gasteiger partial charge is 0.324 e. The number of nitro groups is 1. The summed E-state index contributed by atoms with van der Waals surface area (Å²) in [5.41, 5.74) is 2.32. The van der Waals surface area contributed by atoms with Gasteiger partial charge in [0.1, 0.15) is 0 Å². The molecule has 1 aromatic heterocycles. The lowest BCUT2D eigenvalue weighted by atomic mass is 10.0. The van der Waals surface area contributed by atoms with E-state index in [0.29, 0.717) is 12.6 Å². The minimum Gasteiger partial charge on any atom is -0.306 e. The zero-order chi connectivity index (χ0) is 13.9. The number of thioether (sulfide) groups is 1. The van der Waals surface area contributed by atoms with Crippen molar-refractivity contribution < 1.29 is 4.92 Å². The molecule has 1 aliphatic rings. The van der Waals surface area contributed by atoms with Crippen molar-refractivity contribution in [1.29, 1.82) is 0 Å². The van der Waals surface area contributed by atoms with Crippen LogP contribution in [0, 0.1) is 10.1 Å². The van der Waals surface area contributed by atoms with E-state index < -0.39 is 0 Å². The molecule has 1 atom stereocenters. The van der Waals surface area contributed by atoms with E-state index >= 15 is 0 Å². The second-order valence-corrected chi connectivity index (χ2v) is 6.69. The van der Waals surface area contributed by atoms with Gasteiger partial charge in [0, 0.05) is 28.9 Å². The fourth-order valence-corrected chi connectivity index (χ4v) is 4.20. The predicted molar refractivity (Wildman–Crippen MR) is 82.3 cm³/mol. The van der Waals surface area contributed by atoms with Crippen LogP contribution in [0.2, 0.25) is 0 Å². The maximum absolute atomic E-state index is 10.7. The summed E-state index contributed by atoms with van der Waals surface area (Å²) in [6, 6.07) is 10.4. The summed E-state index contributed by atoms with van der Waals surface area (Å²) in [5.74, 6) is 1.11. The van der Waals surface area contributed by atoms with Crippen LogP contribution >= 0.6 is 23.1 Å². The standard InChI is InChI=1S/C14H14N2O2S2/c17-16(18)14-7-10(9-20-14)8-15-12-5-6-19-13-4-2-1-3-11(12)13/h1-4,7,9,12,15H,5-6,8H2. The van der Waals surface area contributed by atoms with Crippen molar-refractivity contribution in [1.82, 2.24) is 5.32 Å². The van der Waals surface area contributed by atoms with Crippen LogP contribution in [0.5, 0.6) is 0 Å². The number of hydrogen-bond acceptors (Lipinski definition) is 5. The van der Waals surface area contributed by atoms with Gasteiger partial charge < -0.3 is 5.32 Å². The summed E-state index contributed by atoms with van der Waals surface area (Å²) >= 11 is 3.08. The van der Waals surface area contributed by atoms with Crippen molar-refractivity contribution in [2.24, 2.45) is 0 Å². The van der Waals surface area contributed by atoms with Crippen LogP contribution in [0.4, 0.5) is 5.00 Å². The summed E-state index contributed by atoms with van der Waals surface area (Å²) in [4.78, 5) is 11.7. The van der Waals surface area contributed by atoms with Gasteiger partial charge in [-0.15, -0.1) is 11.8 Å². The molecular formula is C14H14N2O2S2. The lowest BCUT2D eigenvalue weighted by Crippen LogP contribution is -2.23. The molecule has 0 spiro atoms. The molecule has 20 heavy (non-hydrogen) atoms. The zero-order valence-electron chi connectivity index (χ0n) is 10.7. The van der Waals surface area contributed by atoms with Gasteiger partial charge in [-0.1, -0.05) is 29.5 Å². The third-order valence-corrected chi connectivity index (χ3v) is 5.38. The van der Waals surface area contributed by atoms with Crippen LogP contribution < -0.4 is 5.32 Å². The Balaban J connectivity index is 1.68. The Morgan fingerprint density at radius 1 is 1.40 bits per heavy atom. The normalized spacial score (nSPS) is 17.7. The average molecular weight is 306 g/mol. The molecule has 1 N–H and O–H groups in total. The second-order valence-electron chi connectivity index (χ2n) is 4.66. The van der Waals surface area contributed by atoms with Gasteiger partial charge in [-0.3, -0.25) is 10.1 Å². The Morgan fingerprint density at radius 2 is 2.25 bits per heavy atom. The second kappa shape index (κ2) is 5.95. The summed E-state index contributed by atoms with van der Waals surface area (Å²) in [6.07, 6.45) is 1.09. The molecule has 2 heterocycles. The van der Waals surface area contributed by atoms with E-state index in [1.54, 1.807) is 6.07 Å². The quantitative estimate of drug-likeness (QED) is 0.685. The Kier molecular flexibility index (Phi) is 4.05. The van der Waals surface area contributed by atoms with Crippen molar-refractivity contribution in [2.75, 3.05) is 5.75 Å². The number of nitrogens with one attached hydrogen (secondary N) is 1. The Bertz CT molecular complexity index is 627. The monoisotopic (exact) mass is 306 g/mol. The number of benzene rings is 1. The zero-order valence-corrected chi connectivity index (χ0v) is 12.4. The lowest BCUT2D eigenvalue weighted by molar-refractivity contribution is -0.380. The highest BCUT2D eigenvalue weighted by molar-refractivity contribution is 7.99. The molecule has 3 rings (SSSR count). The molecule has 6 heteroatoms. The molecule has 0 bridgehead atoms. The molecule has 1 aromatic carbocycles. The SMILES string of the molecule is O=[N+]([O-])c1cc(CNC2CCSc3ccccc32)cs1. The third-order valence-electron chi connectivity index (χ3n) is 3.33. The van der Waals surface area contributed by atoms with Crippen LogP contribution in [0.3, 0.4) is 0 Å². The molecule has 1 aliphatic heterocycles. The van der Waals surface area contributed by atoms with E-state index in [9.17, 15) is 10.1 Å². The van der Waals surface area contributed by atoms with Crippen molar-refractivity contribution in [3.8, 4) is 0 Å². The van der Waals surface area contributed by atoms with Crippen molar-refractivity contribution in [3.05, 3.63) is 57.0 Å². The average Bonchev–Trinajstić information content (AvgIpc) is 2.94. The van der Waals surface area contributed by atoms with E-state index in [2.05, 4.69) is 29.6 Å². The number of hydrogen-bond donors (Lipinski definition) is 1. The minimum atomic E-state index is -0.333. The van der Waals surface area contributed by atoms with Gasteiger partial charge in [0.2, 0.25) is 0 Å². The van der Waals surface area contributed by atoms with E-state index in [4.69, 9.17) is 0 Å². The smallest absolute Gasteiger partial charge is 0.306 e. The van der Waals surface area contributed by atoms with E-state index in [-0.39, 0.29) is 9.92 Å². The van der Waals surface area contributed by atoms with Crippen LogP contribution in [0.1, 0.15) is 23.6 Å². The minimum absolute atomic E-state index is 0.210. The van der Waals surface area contributed by atoms with Crippen molar-refractivity contribution in [2.45, 2.75) is 23.9 Å². The summed E-state index contributed by atoms with van der Waals surface area (Å²) < 4.78 is 0. The highest BCUT2D eigenvalue weighted by Gasteiger charge is 2.20. The molecule has 0 fully saturated rings. The highest BCUT2D eigenvalue weighted by Crippen LogP contribution is 2.36. The van der Waals surface area contributed by atoms with E-state index in [0.717, 1.165) is 17.7 Å². The maximum atomic E-state index is 10.7. The van der Waals surface area contributed by atoms with Crippen molar-refractivity contribution in [3.63, 3.8) is 0 Å². The first kappa shape index (κ1) is 13.6. The summed E-state index contributed by atoms with van der Waals surface area (Å²) in [7, 11) is 0. The fourth-order valence-electron chi connectivity index (χ4n) is 2.35. The predicted octanol–water partition coefficient (Wildman–Crippen LogP) is 3.98. The first-order valence-electron chi connectivity index (χ1n) is 6.41. The van der Waals surface area contributed by atoms with Crippen LogP contribution in [-0.4, -0.2) is 10.7 Å². The lowest BCUT2D eigenvalue weighted by Gasteiger charge is -2.25. The maximum Gasteiger partial charge on any atom is 0.324 e. The van der Waals surface area contributed by atoms with Crippen LogP contribution in [0.25, 0.3) is 0 Å². The topological polar surface area (TPSA) is 55.2 Å². The molecule has 0 saturated carbocycles. The molecular weight excluding hydrogens is 292 g/mol. The van der Waals surface area contributed by atoms with Gasteiger partial charge in [0.25, 0.3) is 0 Å². The summed E-state index contributed by atoms with van der Waals surface area (Å²) in [5, 5.41) is 16.3. The molecule has 0 aliphatic carbocycles. The Labute approximate surface area is 125 Å². The van der Waals surface area contributed by atoms with Gasteiger partial charge in [-0.05, 0) is 29.4 Å². The third kappa shape index (κ3) is 2.87. The van der Waals surface area contributed by atoms with Crippen molar-refractivity contribution >= 4 is 28.1 Å². The Hall–Kier alpha value is -1.37. The molecule has 1 unspecified atom stereocenters. The number of nitrogens with zero attached hydrogens (tertiary/aromatic N) is 1. The van der Waals surface area contributed by atoms with Crippen LogP contribution in [-0.2, 0) is 6.54 Å².